The van der Waals surface area contributed by atoms with Crippen LogP contribution in [0.15, 0.2) is 47.7 Å². The van der Waals surface area contributed by atoms with Gasteiger partial charge in [-0.25, -0.2) is 0 Å². The Labute approximate surface area is 197 Å². The molecule has 1 aromatic carbocycles. The number of aromatic nitrogens is 2. The van der Waals surface area contributed by atoms with Gasteiger partial charge < -0.3 is 15.0 Å². The maximum absolute atomic E-state index is 12.8. The third kappa shape index (κ3) is 4.81. The first-order chi connectivity index (χ1) is 16.7. The molecule has 12 heteroatoms. The lowest BCUT2D eigenvalue weighted by molar-refractivity contribution is -0.274. The van der Waals surface area contributed by atoms with Gasteiger partial charge in [-0.05, 0) is 49.9 Å². The fraction of sp³-hybridized carbons (Fsp3) is 0.348. The molecule has 3 amide bonds. The number of rotatable bonds is 6. The third-order valence-corrected chi connectivity index (χ3v) is 5.90. The van der Waals surface area contributed by atoms with Crippen LogP contribution < -0.4 is 10.1 Å². The number of amides is 3. The zero-order chi connectivity index (χ0) is 24.7. The molecule has 0 saturated heterocycles. The van der Waals surface area contributed by atoms with Gasteiger partial charge in [0.15, 0.2) is 5.82 Å². The number of hydrogen-bond donors (Lipinski definition) is 1. The largest absolute Gasteiger partial charge is 0.573 e. The summed E-state index contributed by atoms with van der Waals surface area (Å²) in [7, 11) is 0. The van der Waals surface area contributed by atoms with Crippen LogP contribution in [0.2, 0.25) is 0 Å². The van der Waals surface area contributed by atoms with Crippen LogP contribution in [0.25, 0.3) is 11.3 Å². The van der Waals surface area contributed by atoms with Crippen LogP contribution in [0.1, 0.15) is 25.7 Å². The molecular formula is C23H20F3N5O4. The summed E-state index contributed by atoms with van der Waals surface area (Å²) >= 11 is 0. The molecule has 0 unspecified atom stereocenters. The molecule has 9 nitrogen and oxygen atoms in total. The zero-order valence-electron chi connectivity index (χ0n) is 18.3. The van der Waals surface area contributed by atoms with Gasteiger partial charge in [-0.2, -0.15) is 0 Å². The van der Waals surface area contributed by atoms with Crippen molar-refractivity contribution in [1.29, 1.82) is 0 Å². The highest BCUT2D eigenvalue weighted by atomic mass is 19.4. The highest BCUT2D eigenvalue weighted by Crippen LogP contribution is 2.38. The van der Waals surface area contributed by atoms with Crippen molar-refractivity contribution >= 4 is 23.5 Å². The normalized spacial score (nSPS) is 18.1. The predicted octanol–water partition coefficient (Wildman–Crippen LogP) is 2.86. The van der Waals surface area contributed by atoms with Gasteiger partial charge in [-0.1, -0.05) is 12.1 Å². The molecule has 2 aliphatic heterocycles. The number of nitrogens with zero attached hydrogens (tertiary/aromatic N) is 4. The van der Waals surface area contributed by atoms with Crippen LogP contribution >= 0.6 is 0 Å². The highest BCUT2D eigenvalue weighted by molar-refractivity contribution is 6.19. The molecule has 1 saturated carbocycles. The van der Waals surface area contributed by atoms with E-state index in [0.29, 0.717) is 36.2 Å². The van der Waals surface area contributed by atoms with Crippen LogP contribution in [0.3, 0.4) is 0 Å². The van der Waals surface area contributed by atoms with E-state index in [9.17, 15) is 27.6 Å². The van der Waals surface area contributed by atoms with Gasteiger partial charge >= 0.3 is 6.36 Å². The number of alkyl halides is 3. The fourth-order valence-electron chi connectivity index (χ4n) is 4.28. The number of carbonyl (C=O) groups excluding carboxylic acids is 3. The lowest BCUT2D eigenvalue weighted by Gasteiger charge is -2.28. The molecule has 3 aliphatic rings. The number of hydrogen-bond acceptors (Lipinski definition) is 7. The van der Waals surface area contributed by atoms with Gasteiger partial charge in [0, 0.05) is 23.7 Å². The zero-order valence-corrected chi connectivity index (χ0v) is 18.3. The van der Waals surface area contributed by atoms with Gasteiger partial charge in [-0.15, -0.1) is 23.4 Å². The predicted molar refractivity (Wildman–Crippen MR) is 115 cm³/mol. The number of anilines is 1. The van der Waals surface area contributed by atoms with Crippen molar-refractivity contribution in [3.8, 4) is 17.0 Å². The number of imide groups is 1. The van der Waals surface area contributed by atoms with Crippen molar-refractivity contribution in [2.24, 2.45) is 0 Å². The Balaban J connectivity index is 1.24. The molecule has 0 radical (unpaired) electrons. The molecule has 0 atom stereocenters. The number of nitrogens with one attached hydrogen (secondary N) is 1. The molecule has 182 valence electrons. The molecular weight excluding hydrogens is 467 g/mol. The van der Waals surface area contributed by atoms with Crippen molar-refractivity contribution in [2.75, 3.05) is 18.4 Å². The summed E-state index contributed by atoms with van der Waals surface area (Å²) in [5, 5.41) is 10.5. The van der Waals surface area contributed by atoms with Crippen LogP contribution in [-0.2, 0) is 14.4 Å². The van der Waals surface area contributed by atoms with Crippen LogP contribution in [0.5, 0.6) is 5.75 Å². The molecule has 1 aromatic heterocycles. The molecule has 5 rings (SSSR count). The van der Waals surface area contributed by atoms with Crippen molar-refractivity contribution in [1.82, 2.24) is 20.0 Å². The van der Waals surface area contributed by atoms with Gasteiger partial charge in [0.1, 0.15) is 11.4 Å². The van der Waals surface area contributed by atoms with Crippen LogP contribution in [-0.4, -0.2) is 63.2 Å². The SMILES string of the molecule is O=C(CN1CCCC2=C1C(=O)N(C1CC1)C2=O)Nc1ccc(-c2cccc(OC(F)(F)F)c2)nn1. The van der Waals surface area contributed by atoms with Crippen LogP contribution in [0, 0.1) is 0 Å². The van der Waals surface area contributed by atoms with Crippen molar-refractivity contribution in [3.05, 3.63) is 47.7 Å². The maximum Gasteiger partial charge on any atom is 0.573 e. The summed E-state index contributed by atoms with van der Waals surface area (Å²) in [5.74, 6) is -1.26. The van der Waals surface area contributed by atoms with Crippen molar-refractivity contribution in [3.63, 3.8) is 0 Å². The first-order valence-corrected chi connectivity index (χ1v) is 11.1. The van der Waals surface area contributed by atoms with E-state index in [-0.39, 0.29) is 41.7 Å². The second-order valence-corrected chi connectivity index (χ2v) is 8.49. The minimum Gasteiger partial charge on any atom is -0.406 e. The summed E-state index contributed by atoms with van der Waals surface area (Å²) in [6.07, 6.45) is -2.01. The van der Waals surface area contributed by atoms with Gasteiger partial charge in [0.25, 0.3) is 11.8 Å². The Kier molecular flexibility index (Phi) is 5.65. The van der Waals surface area contributed by atoms with E-state index in [0.717, 1.165) is 12.8 Å². The Morgan fingerprint density at radius 3 is 2.60 bits per heavy atom. The Hall–Kier alpha value is -3.96. The van der Waals surface area contributed by atoms with Gasteiger partial charge in [0.05, 0.1) is 12.2 Å². The smallest absolute Gasteiger partial charge is 0.406 e. The maximum atomic E-state index is 12.8. The molecule has 2 aromatic rings. The Morgan fingerprint density at radius 1 is 1.11 bits per heavy atom. The number of halogens is 3. The van der Waals surface area contributed by atoms with E-state index < -0.39 is 12.3 Å². The average Bonchev–Trinajstić information content (AvgIpc) is 3.59. The van der Waals surface area contributed by atoms with Gasteiger partial charge in [-0.3, -0.25) is 19.3 Å². The molecule has 1 fully saturated rings. The number of benzene rings is 1. The standard InChI is InChI=1S/C23H20F3N5O4/c24-23(25,26)35-15-4-1-3-13(11-15)17-8-9-18(29-28-17)27-19(32)12-30-10-2-5-16-20(30)22(34)31(21(16)33)14-6-7-14/h1,3-4,8-9,11,14H,2,5-7,10,12H2,(H,27,29,32). The van der Waals surface area contributed by atoms with E-state index >= 15 is 0 Å². The summed E-state index contributed by atoms with van der Waals surface area (Å²) in [4.78, 5) is 41.1. The van der Waals surface area contributed by atoms with Crippen LogP contribution in [0.4, 0.5) is 19.0 Å². The van der Waals surface area contributed by atoms with E-state index in [4.69, 9.17) is 0 Å². The lowest BCUT2D eigenvalue weighted by atomic mass is 10.0. The summed E-state index contributed by atoms with van der Waals surface area (Å²) in [5.41, 5.74) is 1.43. The minimum absolute atomic E-state index is 0.0363. The molecule has 1 N–H and O–H groups in total. The van der Waals surface area contributed by atoms with E-state index in [1.807, 2.05) is 0 Å². The molecule has 3 heterocycles. The summed E-state index contributed by atoms with van der Waals surface area (Å²) in [6, 6.07) is 8.24. The van der Waals surface area contributed by atoms with Crippen molar-refractivity contribution < 1.29 is 32.3 Å². The Bertz CT molecular complexity index is 1220. The van der Waals surface area contributed by atoms with E-state index in [2.05, 4.69) is 20.3 Å². The highest BCUT2D eigenvalue weighted by Gasteiger charge is 2.48. The number of ether oxygens (including phenoxy) is 1. The first kappa shape index (κ1) is 22.8. The van der Waals surface area contributed by atoms with E-state index in [1.165, 1.54) is 35.2 Å². The minimum atomic E-state index is -4.81. The number of carbonyl (C=O) groups is 3. The quantitative estimate of drug-likeness (QED) is 0.625. The van der Waals surface area contributed by atoms with Crippen molar-refractivity contribution in [2.45, 2.75) is 38.1 Å². The first-order valence-electron chi connectivity index (χ1n) is 11.1. The second-order valence-electron chi connectivity index (χ2n) is 8.49. The summed E-state index contributed by atoms with van der Waals surface area (Å²) < 4.78 is 41.3. The molecule has 1 aliphatic carbocycles. The summed E-state index contributed by atoms with van der Waals surface area (Å²) in [6.45, 7) is 0.349. The molecule has 0 spiro atoms. The molecule has 0 bridgehead atoms. The monoisotopic (exact) mass is 487 g/mol. The second kappa shape index (κ2) is 8.67. The Morgan fingerprint density at radius 2 is 1.91 bits per heavy atom. The average molecular weight is 487 g/mol. The fourth-order valence-corrected chi connectivity index (χ4v) is 4.28. The van der Waals surface area contributed by atoms with Gasteiger partial charge in [0.2, 0.25) is 5.91 Å². The topological polar surface area (TPSA) is 105 Å². The molecule has 35 heavy (non-hydrogen) atoms. The lowest BCUT2D eigenvalue weighted by Crippen LogP contribution is -2.40. The third-order valence-electron chi connectivity index (χ3n) is 5.90. The van der Waals surface area contributed by atoms with E-state index in [1.54, 1.807) is 11.0 Å².